The van der Waals surface area contributed by atoms with Crippen molar-refractivity contribution in [3.05, 3.63) is 60.7 Å². The molecule has 2 heterocycles. The maximum Gasteiger partial charge on any atom is 0.306 e. The van der Waals surface area contributed by atoms with E-state index in [1.54, 1.807) is 6.08 Å². The summed E-state index contributed by atoms with van der Waals surface area (Å²) in [7, 11) is 0. The summed E-state index contributed by atoms with van der Waals surface area (Å²) >= 11 is 0. The van der Waals surface area contributed by atoms with Crippen molar-refractivity contribution in [2.45, 2.75) is 35.3 Å². The first-order chi connectivity index (χ1) is 12.5. The molecule has 0 amide bonds. The van der Waals surface area contributed by atoms with E-state index in [9.17, 15) is 15.3 Å². The van der Waals surface area contributed by atoms with Crippen LogP contribution >= 0.6 is 0 Å². The second-order valence-corrected chi connectivity index (χ2v) is 7.19. The van der Waals surface area contributed by atoms with Gasteiger partial charge in [0.1, 0.15) is 29.8 Å². The topological polar surface area (TPSA) is 91.7 Å². The summed E-state index contributed by atoms with van der Waals surface area (Å²) in [6.45, 7) is 0. The summed E-state index contributed by atoms with van der Waals surface area (Å²) in [5.74, 6) is -0.305. The summed E-state index contributed by atoms with van der Waals surface area (Å²) in [6, 6.07) is 11.4. The van der Waals surface area contributed by atoms with Gasteiger partial charge in [-0.15, -0.1) is 0 Å². The second kappa shape index (κ2) is 4.29. The monoisotopic (exact) mass is 352 g/mol. The minimum Gasteiger partial charge on any atom is -0.445 e. The fraction of sp³-hybridized carbons (Fsp3) is 0.300. The fourth-order valence-corrected chi connectivity index (χ4v) is 4.80. The third-order valence-corrected chi connectivity index (χ3v) is 6.01. The molecular weight excluding hydrogens is 336 g/mol. The van der Waals surface area contributed by atoms with Crippen molar-refractivity contribution in [2.24, 2.45) is 0 Å². The van der Waals surface area contributed by atoms with Gasteiger partial charge in [-0.3, -0.25) is 0 Å². The largest absolute Gasteiger partial charge is 0.445 e. The minimum atomic E-state index is -1.50. The molecule has 5 atom stereocenters. The molecule has 3 N–H and O–H groups in total. The standard InChI is InChI=1S/C20H16O6/c21-14-7-8-16(23)20-18(10-9-15(22)19(14,20)26-20)24-12-5-1-3-11-4-2-6-13(25-18)17(11)12/h1-10,14-16,21-23H. The van der Waals surface area contributed by atoms with E-state index in [0.29, 0.717) is 11.5 Å². The van der Waals surface area contributed by atoms with E-state index in [1.165, 1.54) is 18.2 Å². The zero-order valence-electron chi connectivity index (χ0n) is 13.6. The molecule has 2 aliphatic carbocycles. The highest BCUT2D eigenvalue weighted by atomic mass is 16.8. The Hall–Kier alpha value is -2.38. The normalized spacial score (nSPS) is 40.5. The maximum atomic E-state index is 10.8. The number of hydrogen-bond donors (Lipinski definition) is 3. The molecule has 1 spiro atoms. The van der Waals surface area contributed by atoms with Gasteiger partial charge in [-0.1, -0.05) is 36.4 Å². The van der Waals surface area contributed by atoms with E-state index < -0.39 is 35.3 Å². The number of ether oxygens (including phenoxy) is 3. The minimum absolute atomic E-state index is 0.598. The average Bonchev–Trinajstić information content (AvgIpc) is 3.39. The third kappa shape index (κ3) is 1.35. The van der Waals surface area contributed by atoms with Gasteiger partial charge in [0.2, 0.25) is 5.60 Å². The Balaban J connectivity index is 1.60. The SMILES string of the molecule is OC1C=CC(O)C23OC12C(O)C=CC31Oc2cccc3cccc(c23)O1. The highest BCUT2D eigenvalue weighted by Gasteiger charge is 2.91. The number of epoxide rings is 1. The molecule has 1 fully saturated rings. The van der Waals surface area contributed by atoms with Gasteiger partial charge in [0.25, 0.3) is 0 Å². The van der Waals surface area contributed by atoms with E-state index in [4.69, 9.17) is 14.2 Å². The lowest BCUT2D eigenvalue weighted by molar-refractivity contribution is -0.162. The van der Waals surface area contributed by atoms with Gasteiger partial charge in [0.05, 0.1) is 5.39 Å². The second-order valence-electron chi connectivity index (χ2n) is 7.19. The molecule has 1 saturated heterocycles. The van der Waals surface area contributed by atoms with Gasteiger partial charge in [-0.2, -0.15) is 0 Å². The Labute approximate surface area is 148 Å². The van der Waals surface area contributed by atoms with Gasteiger partial charge < -0.3 is 29.5 Å². The number of hydrogen-bond acceptors (Lipinski definition) is 6. The Morgan fingerprint density at radius 3 is 2.08 bits per heavy atom. The van der Waals surface area contributed by atoms with Crippen molar-refractivity contribution in [2.75, 3.05) is 0 Å². The molecule has 0 aromatic heterocycles. The lowest BCUT2D eigenvalue weighted by Crippen LogP contribution is -2.69. The van der Waals surface area contributed by atoms with Crippen molar-refractivity contribution >= 4 is 10.8 Å². The van der Waals surface area contributed by atoms with Crippen LogP contribution in [0.3, 0.4) is 0 Å². The van der Waals surface area contributed by atoms with Gasteiger partial charge in [0.15, 0.2) is 5.60 Å². The fourth-order valence-electron chi connectivity index (χ4n) is 4.80. The first-order valence-electron chi connectivity index (χ1n) is 8.56. The molecule has 132 valence electrons. The smallest absolute Gasteiger partial charge is 0.306 e. The summed E-state index contributed by atoms with van der Waals surface area (Å²) < 4.78 is 18.4. The zero-order chi connectivity index (χ0) is 17.7. The number of aliphatic hydroxyl groups is 3. The molecule has 6 heteroatoms. The van der Waals surface area contributed by atoms with E-state index in [0.717, 1.165) is 10.8 Å². The van der Waals surface area contributed by atoms with Crippen molar-refractivity contribution in [1.82, 2.24) is 0 Å². The Bertz CT molecular complexity index is 972. The summed E-state index contributed by atoms with van der Waals surface area (Å²) in [5, 5.41) is 33.6. The number of benzene rings is 2. The van der Waals surface area contributed by atoms with Crippen LogP contribution in [0.2, 0.25) is 0 Å². The van der Waals surface area contributed by atoms with E-state index in [1.807, 2.05) is 36.4 Å². The molecule has 0 bridgehead atoms. The quantitative estimate of drug-likeness (QED) is 0.485. The van der Waals surface area contributed by atoms with Crippen LogP contribution in [0.5, 0.6) is 11.5 Å². The maximum absolute atomic E-state index is 10.8. The average molecular weight is 352 g/mol. The Morgan fingerprint density at radius 1 is 0.769 bits per heavy atom. The zero-order valence-corrected chi connectivity index (χ0v) is 13.6. The van der Waals surface area contributed by atoms with Gasteiger partial charge in [0, 0.05) is 6.08 Å². The van der Waals surface area contributed by atoms with Gasteiger partial charge >= 0.3 is 5.79 Å². The molecule has 2 aromatic carbocycles. The van der Waals surface area contributed by atoms with E-state index >= 15 is 0 Å². The number of rotatable bonds is 0. The summed E-state index contributed by atoms with van der Waals surface area (Å²) in [6.07, 6.45) is 2.66. The van der Waals surface area contributed by atoms with Crippen LogP contribution in [-0.4, -0.2) is 50.6 Å². The molecule has 2 aliphatic heterocycles. The highest BCUT2D eigenvalue weighted by Crippen LogP contribution is 2.67. The molecule has 6 nitrogen and oxygen atoms in total. The van der Waals surface area contributed by atoms with Crippen molar-refractivity contribution in [3.8, 4) is 11.5 Å². The number of aliphatic hydroxyl groups excluding tert-OH is 3. The molecule has 0 radical (unpaired) electrons. The first-order valence-corrected chi connectivity index (χ1v) is 8.56. The van der Waals surface area contributed by atoms with Crippen molar-refractivity contribution in [1.29, 1.82) is 0 Å². The lowest BCUT2D eigenvalue weighted by atomic mass is 9.68. The molecule has 5 unspecified atom stereocenters. The Morgan fingerprint density at radius 2 is 1.38 bits per heavy atom. The summed E-state index contributed by atoms with van der Waals surface area (Å²) in [4.78, 5) is 0. The van der Waals surface area contributed by atoms with E-state index in [-0.39, 0.29) is 0 Å². The van der Waals surface area contributed by atoms with Crippen LogP contribution < -0.4 is 9.47 Å². The van der Waals surface area contributed by atoms with Crippen LogP contribution in [0.15, 0.2) is 60.7 Å². The first kappa shape index (κ1) is 14.8. The molecule has 26 heavy (non-hydrogen) atoms. The van der Waals surface area contributed by atoms with Crippen LogP contribution in [-0.2, 0) is 4.74 Å². The van der Waals surface area contributed by atoms with Crippen LogP contribution in [0.4, 0.5) is 0 Å². The van der Waals surface area contributed by atoms with Crippen molar-refractivity contribution < 1.29 is 29.5 Å². The summed E-state index contributed by atoms with van der Waals surface area (Å²) in [5.41, 5.74) is -2.85. The molecule has 6 rings (SSSR count). The highest BCUT2D eigenvalue weighted by molar-refractivity contribution is 5.94. The predicted octanol–water partition coefficient (Wildman–Crippen LogP) is 1.04. The van der Waals surface area contributed by atoms with Gasteiger partial charge in [-0.25, -0.2) is 0 Å². The molecule has 2 aromatic rings. The van der Waals surface area contributed by atoms with Crippen LogP contribution in [0.1, 0.15) is 0 Å². The van der Waals surface area contributed by atoms with Crippen LogP contribution in [0.25, 0.3) is 10.8 Å². The van der Waals surface area contributed by atoms with E-state index in [2.05, 4.69) is 0 Å². The molecular formula is C20H16O6. The molecule has 0 saturated carbocycles. The lowest BCUT2D eigenvalue weighted by Gasteiger charge is -2.46. The predicted molar refractivity (Wildman–Crippen MR) is 90.8 cm³/mol. The Kier molecular flexibility index (Phi) is 2.44. The molecule has 4 aliphatic rings. The van der Waals surface area contributed by atoms with Crippen molar-refractivity contribution in [3.63, 3.8) is 0 Å². The van der Waals surface area contributed by atoms with Crippen LogP contribution in [0, 0.1) is 0 Å². The van der Waals surface area contributed by atoms with Gasteiger partial charge in [-0.05, 0) is 23.6 Å². The third-order valence-electron chi connectivity index (χ3n) is 6.01.